The predicted octanol–water partition coefficient (Wildman–Crippen LogP) is 1.42. The molecule has 0 saturated carbocycles. The summed E-state index contributed by atoms with van der Waals surface area (Å²) in [7, 11) is 0. The van der Waals surface area contributed by atoms with Gasteiger partial charge in [-0.3, -0.25) is 4.90 Å². The zero-order chi connectivity index (χ0) is 14.4. The van der Waals surface area contributed by atoms with Gasteiger partial charge in [0.1, 0.15) is 0 Å². The predicted molar refractivity (Wildman–Crippen MR) is 84.2 cm³/mol. The van der Waals surface area contributed by atoms with Crippen LogP contribution in [-0.4, -0.2) is 74.4 Å². The molecule has 20 heavy (non-hydrogen) atoms. The lowest BCUT2D eigenvalue weighted by molar-refractivity contribution is 0.0307. The molecular weight excluding hydrogens is 250 g/mol. The molecular formula is C16H33N3O. The molecule has 118 valence electrons. The van der Waals surface area contributed by atoms with E-state index in [-0.39, 0.29) is 5.54 Å². The number of nitrogens with zero attached hydrogens (tertiary/aromatic N) is 2. The summed E-state index contributed by atoms with van der Waals surface area (Å²) in [5.74, 6) is 0.827. The Labute approximate surface area is 124 Å². The lowest BCUT2D eigenvalue weighted by Gasteiger charge is -2.36. The number of hydrogen-bond acceptors (Lipinski definition) is 4. The normalized spacial score (nSPS) is 26.9. The van der Waals surface area contributed by atoms with Crippen molar-refractivity contribution in [3.63, 3.8) is 0 Å². The quantitative estimate of drug-likeness (QED) is 0.826. The van der Waals surface area contributed by atoms with Crippen LogP contribution in [0.5, 0.6) is 0 Å². The smallest absolute Gasteiger partial charge is 0.0594 e. The van der Waals surface area contributed by atoms with Crippen LogP contribution in [0.1, 0.15) is 33.6 Å². The third-order valence-corrected chi connectivity index (χ3v) is 4.36. The molecule has 0 amide bonds. The highest BCUT2D eigenvalue weighted by atomic mass is 16.5. The Bertz CT molecular complexity index is 271. The number of likely N-dealkylation sites (tertiary alicyclic amines) is 1. The van der Waals surface area contributed by atoms with E-state index in [9.17, 15) is 0 Å². The van der Waals surface area contributed by atoms with E-state index in [4.69, 9.17) is 4.74 Å². The molecule has 1 unspecified atom stereocenters. The van der Waals surface area contributed by atoms with Crippen LogP contribution in [0.25, 0.3) is 0 Å². The molecule has 1 atom stereocenters. The van der Waals surface area contributed by atoms with E-state index in [1.807, 2.05) is 0 Å². The molecule has 4 heteroatoms. The van der Waals surface area contributed by atoms with Crippen LogP contribution in [0.2, 0.25) is 0 Å². The molecule has 2 rings (SSSR count). The van der Waals surface area contributed by atoms with Crippen molar-refractivity contribution >= 4 is 0 Å². The van der Waals surface area contributed by atoms with E-state index in [1.54, 1.807) is 0 Å². The Balaban J connectivity index is 1.64. The highest BCUT2D eigenvalue weighted by Gasteiger charge is 2.22. The number of morpholine rings is 1. The van der Waals surface area contributed by atoms with Crippen molar-refractivity contribution in [3.8, 4) is 0 Å². The number of piperidine rings is 1. The number of rotatable bonds is 5. The SMILES string of the molecule is CC(C)(C)NCC1CCCN(CCN2CCOCC2)C1. The lowest BCUT2D eigenvalue weighted by Crippen LogP contribution is -2.47. The van der Waals surface area contributed by atoms with Crippen molar-refractivity contribution in [2.75, 3.05) is 59.0 Å². The highest BCUT2D eigenvalue weighted by molar-refractivity contribution is 4.79. The van der Waals surface area contributed by atoms with Crippen LogP contribution in [0.15, 0.2) is 0 Å². The number of nitrogens with one attached hydrogen (secondary N) is 1. The van der Waals surface area contributed by atoms with Crippen molar-refractivity contribution in [2.45, 2.75) is 39.2 Å². The lowest BCUT2D eigenvalue weighted by atomic mass is 9.96. The Morgan fingerprint density at radius 2 is 1.75 bits per heavy atom. The van der Waals surface area contributed by atoms with Gasteiger partial charge in [-0.25, -0.2) is 0 Å². The fourth-order valence-corrected chi connectivity index (χ4v) is 3.08. The maximum absolute atomic E-state index is 5.41. The van der Waals surface area contributed by atoms with E-state index in [1.165, 1.54) is 39.0 Å². The average Bonchev–Trinajstić information content (AvgIpc) is 2.44. The van der Waals surface area contributed by atoms with E-state index in [0.29, 0.717) is 0 Å². The fraction of sp³-hybridized carbons (Fsp3) is 1.00. The Morgan fingerprint density at radius 3 is 2.45 bits per heavy atom. The van der Waals surface area contributed by atoms with Gasteiger partial charge in [-0.05, 0) is 52.6 Å². The molecule has 0 bridgehead atoms. The van der Waals surface area contributed by atoms with Gasteiger partial charge in [-0.2, -0.15) is 0 Å². The zero-order valence-corrected chi connectivity index (χ0v) is 13.7. The first kappa shape index (κ1) is 16.2. The van der Waals surface area contributed by atoms with Gasteiger partial charge in [0.25, 0.3) is 0 Å². The van der Waals surface area contributed by atoms with Crippen LogP contribution in [0.3, 0.4) is 0 Å². The summed E-state index contributed by atoms with van der Waals surface area (Å²) in [6.45, 7) is 17.0. The topological polar surface area (TPSA) is 27.7 Å². The Kier molecular flexibility index (Phi) is 6.27. The van der Waals surface area contributed by atoms with E-state index < -0.39 is 0 Å². The van der Waals surface area contributed by atoms with Crippen molar-refractivity contribution in [1.82, 2.24) is 15.1 Å². The fourth-order valence-electron chi connectivity index (χ4n) is 3.08. The molecule has 0 aliphatic carbocycles. The summed E-state index contributed by atoms with van der Waals surface area (Å²) in [4.78, 5) is 5.20. The second-order valence-corrected chi connectivity index (χ2v) is 7.39. The second kappa shape index (κ2) is 7.74. The van der Waals surface area contributed by atoms with Crippen molar-refractivity contribution in [1.29, 1.82) is 0 Å². The van der Waals surface area contributed by atoms with E-state index >= 15 is 0 Å². The number of ether oxygens (including phenoxy) is 1. The van der Waals surface area contributed by atoms with Crippen molar-refractivity contribution < 1.29 is 4.74 Å². The molecule has 2 fully saturated rings. The van der Waals surface area contributed by atoms with Crippen LogP contribution < -0.4 is 5.32 Å². The summed E-state index contributed by atoms with van der Waals surface area (Å²) in [5, 5.41) is 3.66. The Morgan fingerprint density at radius 1 is 1.05 bits per heavy atom. The van der Waals surface area contributed by atoms with E-state index in [0.717, 1.165) is 38.8 Å². The highest BCUT2D eigenvalue weighted by Crippen LogP contribution is 2.16. The van der Waals surface area contributed by atoms with Crippen molar-refractivity contribution in [3.05, 3.63) is 0 Å². The summed E-state index contributed by atoms with van der Waals surface area (Å²) in [5.41, 5.74) is 0.246. The molecule has 0 aromatic carbocycles. The van der Waals surface area contributed by atoms with Gasteiger partial charge in [0, 0.05) is 38.3 Å². The van der Waals surface area contributed by atoms with Gasteiger partial charge in [-0.15, -0.1) is 0 Å². The molecule has 0 aromatic heterocycles. The van der Waals surface area contributed by atoms with Gasteiger partial charge >= 0.3 is 0 Å². The summed E-state index contributed by atoms with van der Waals surface area (Å²) >= 11 is 0. The monoisotopic (exact) mass is 283 g/mol. The van der Waals surface area contributed by atoms with Crippen molar-refractivity contribution in [2.24, 2.45) is 5.92 Å². The second-order valence-electron chi connectivity index (χ2n) is 7.39. The van der Waals surface area contributed by atoms with Crippen LogP contribution >= 0.6 is 0 Å². The van der Waals surface area contributed by atoms with Crippen LogP contribution in [0.4, 0.5) is 0 Å². The van der Waals surface area contributed by atoms with Gasteiger partial charge in [0.2, 0.25) is 0 Å². The molecule has 2 saturated heterocycles. The van der Waals surface area contributed by atoms with Gasteiger partial charge in [0.05, 0.1) is 13.2 Å². The third-order valence-electron chi connectivity index (χ3n) is 4.36. The first-order chi connectivity index (χ1) is 9.53. The van der Waals surface area contributed by atoms with Crippen LogP contribution in [0, 0.1) is 5.92 Å². The summed E-state index contributed by atoms with van der Waals surface area (Å²) in [6.07, 6.45) is 2.75. The first-order valence-electron chi connectivity index (χ1n) is 8.30. The summed E-state index contributed by atoms with van der Waals surface area (Å²) in [6, 6.07) is 0. The van der Waals surface area contributed by atoms with Crippen LogP contribution in [-0.2, 0) is 4.74 Å². The molecule has 1 N–H and O–H groups in total. The maximum Gasteiger partial charge on any atom is 0.0594 e. The molecule has 0 radical (unpaired) electrons. The zero-order valence-electron chi connectivity index (χ0n) is 13.7. The molecule has 4 nitrogen and oxygen atoms in total. The Hall–Kier alpha value is -0.160. The molecule has 2 aliphatic heterocycles. The standard InChI is InChI=1S/C16H33N3O/c1-16(2,3)17-13-15-5-4-6-19(14-15)8-7-18-9-11-20-12-10-18/h15,17H,4-14H2,1-3H3. The third kappa shape index (κ3) is 6.08. The van der Waals surface area contributed by atoms with E-state index in [2.05, 4.69) is 35.9 Å². The van der Waals surface area contributed by atoms with Gasteiger partial charge in [-0.1, -0.05) is 0 Å². The van der Waals surface area contributed by atoms with Gasteiger partial charge < -0.3 is 15.0 Å². The minimum atomic E-state index is 0.246. The minimum absolute atomic E-state index is 0.246. The maximum atomic E-state index is 5.41. The molecule has 2 aliphatic rings. The first-order valence-corrected chi connectivity index (χ1v) is 8.30. The average molecular weight is 283 g/mol. The largest absolute Gasteiger partial charge is 0.379 e. The van der Waals surface area contributed by atoms with Gasteiger partial charge in [0.15, 0.2) is 0 Å². The molecule has 2 heterocycles. The number of hydrogen-bond donors (Lipinski definition) is 1. The summed E-state index contributed by atoms with van der Waals surface area (Å²) < 4.78 is 5.41. The minimum Gasteiger partial charge on any atom is -0.379 e. The molecule has 0 spiro atoms. The molecule has 0 aromatic rings.